The van der Waals surface area contributed by atoms with Crippen LogP contribution in [0.3, 0.4) is 0 Å². The topological polar surface area (TPSA) is 0 Å². The third-order valence-corrected chi connectivity index (χ3v) is 6.21. The van der Waals surface area contributed by atoms with E-state index in [0.29, 0.717) is 23.4 Å². The summed E-state index contributed by atoms with van der Waals surface area (Å²) in [6.45, 7) is 22.2. The van der Waals surface area contributed by atoms with Gasteiger partial charge in [-0.1, -0.05) is 78.6 Å². The van der Waals surface area contributed by atoms with Crippen molar-refractivity contribution in [3.05, 3.63) is 23.2 Å². The first-order chi connectivity index (χ1) is 7.83. The van der Waals surface area contributed by atoms with Crippen LogP contribution in [0.1, 0.15) is 41.5 Å². The molecule has 1 aliphatic heterocycles. The van der Waals surface area contributed by atoms with Crippen LogP contribution in [0.15, 0.2) is 23.2 Å². The van der Waals surface area contributed by atoms with E-state index < -0.39 is 8.07 Å². The van der Waals surface area contributed by atoms with E-state index in [-0.39, 0.29) is 0 Å². The van der Waals surface area contributed by atoms with Gasteiger partial charge in [0.2, 0.25) is 0 Å². The molecule has 0 aromatic heterocycles. The number of hydrogen-bond donors (Lipinski definition) is 0. The van der Waals surface area contributed by atoms with Crippen LogP contribution in [0.4, 0.5) is 0 Å². The molecule has 1 atom stereocenters. The van der Waals surface area contributed by atoms with Crippen LogP contribution in [-0.2, 0) is 0 Å². The van der Waals surface area contributed by atoms with Gasteiger partial charge in [-0.3, -0.25) is 0 Å². The van der Waals surface area contributed by atoms with Crippen molar-refractivity contribution in [1.29, 1.82) is 0 Å². The Morgan fingerprint density at radius 3 is 1.83 bits per heavy atom. The second kappa shape index (κ2) is 4.70. The van der Waals surface area contributed by atoms with E-state index >= 15 is 0 Å². The summed E-state index contributed by atoms with van der Waals surface area (Å²) < 4.78 is 0. The van der Waals surface area contributed by atoms with Gasteiger partial charge in [-0.25, -0.2) is 0 Å². The fourth-order valence-electron chi connectivity index (χ4n) is 2.70. The maximum Gasteiger partial charge on any atom is 0.196 e. The maximum absolute atomic E-state index is 2.60. The van der Waals surface area contributed by atoms with Crippen molar-refractivity contribution >= 4 is 14.8 Å². The molecule has 1 aliphatic rings. The fourth-order valence-corrected chi connectivity index (χ4v) is 4.84. The minimum absolute atomic E-state index is 0.338. The fraction of sp³-hybridized carbons (Fsp3) is 0.750. The molecule has 0 aliphatic carbocycles. The van der Waals surface area contributed by atoms with E-state index in [2.05, 4.69) is 79.3 Å². The van der Waals surface area contributed by atoms with Crippen molar-refractivity contribution in [2.24, 2.45) is 11.3 Å². The minimum atomic E-state index is -1.24. The lowest BCUT2D eigenvalue weighted by Gasteiger charge is -2.39. The van der Waals surface area contributed by atoms with Gasteiger partial charge in [0.25, 0.3) is 0 Å². The molecule has 0 radical (unpaired) electrons. The monoisotopic (exact) mass is 262 g/mol. The Kier molecular flexibility index (Phi) is 4.13. The molecule has 0 aromatic rings. The Hall–Kier alpha value is -0.238. The lowest BCUT2D eigenvalue weighted by Crippen LogP contribution is -2.42. The predicted octanol–water partition coefficient (Wildman–Crippen LogP) is 5.40. The number of hydrogen-bond acceptors (Lipinski definition) is 0. The van der Waals surface area contributed by atoms with Gasteiger partial charge in [0.15, 0.2) is 6.71 Å². The molecule has 102 valence electrons. The summed E-state index contributed by atoms with van der Waals surface area (Å²) in [6.07, 6.45) is 5.04. The Morgan fingerprint density at radius 1 is 1.00 bits per heavy atom. The van der Waals surface area contributed by atoms with Gasteiger partial charge in [0.1, 0.15) is 0 Å². The average Bonchev–Trinajstić information content (AvgIpc) is 2.12. The second-order valence-electron chi connectivity index (χ2n) is 8.99. The Balaban J connectivity index is 3.20. The summed E-state index contributed by atoms with van der Waals surface area (Å²) in [4.78, 5) is 0. The predicted molar refractivity (Wildman–Crippen MR) is 89.0 cm³/mol. The Morgan fingerprint density at radius 2 is 1.50 bits per heavy atom. The number of rotatable bonds is 1. The molecule has 1 heterocycles. The molecule has 0 fully saturated rings. The molecule has 0 amide bonds. The smallest absolute Gasteiger partial charge is 0.114 e. The van der Waals surface area contributed by atoms with E-state index in [1.54, 1.807) is 5.10 Å². The van der Waals surface area contributed by atoms with Crippen LogP contribution < -0.4 is 0 Å². The van der Waals surface area contributed by atoms with Crippen LogP contribution in [0.2, 0.25) is 25.0 Å². The highest BCUT2D eigenvalue weighted by Gasteiger charge is 2.39. The molecular formula is C16H31BSi. The minimum Gasteiger partial charge on any atom is -0.114 e. The van der Waals surface area contributed by atoms with Crippen molar-refractivity contribution in [3.63, 3.8) is 0 Å². The van der Waals surface area contributed by atoms with Crippen LogP contribution in [0, 0.1) is 11.3 Å². The summed E-state index contributed by atoms with van der Waals surface area (Å²) in [5.74, 6) is 3.08. The number of allylic oxidation sites excluding steroid dienone is 2. The van der Waals surface area contributed by atoms with E-state index in [9.17, 15) is 0 Å². The highest BCUT2D eigenvalue weighted by atomic mass is 28.3. The summed E-state index contributed by atoms with van der Waals surface area (Å²) in [7, 11) is -1.24. The van der Waals surface area contributed by atoms with Gasteiger partial charge in [-0.05, 0) is 11.3 Å². The summed E-state index contributed by atoms with van der Waals surface area (Å²) >= 11 is 0. The van der Waals surface area contributed by atoms with Gasteiger partial charge < -0.3 is 0 Å². The molecule has 2 heteroatoms. The normalized spacial score (nSPS) is 22.2. The van der Waals surface area contributed by atoms with Crippen LogP contribution in [0.25, 0.3) is 0 Å². The summed E-state index contributed by atoms with van der Waals surface area (Å²) in [5.41, 5.74) is 0.338. The van der Waals surface area contributed by atoms with Crippen molar-refractivity contribution in [1.82, 2.24) is 0 Å². The van der Waals surface area contributed by atoms with E-state index in [4.69, 9.17) is 0 Å². The van der Waals surface area contributed by atoms with Crippen molar-refractivity contribution in [3.8, 4) is 0 Å². The summed E-state index contributed by atoms with van der Waals surface area (Å²) in [6, 6.07) is 0. The highest BCUT2D eigenvalue weighted by Crippen LogP contribution is 2.41. The third kappa shape index (κ3) is 3.63. The Bertz CT molecular complexity index is 358. The highest BCUT2D eigenvalue weighted by molar-refractivity contribution is 7.00. The molecule has 0 nitrogen and oxygen atoms in total. The van der Waals surface area contributed by atoms with Crippen LogP contribution in [-0.4, -0.2) is 14.8 Å². The first-order valence-corrected chi connectivity index (χ1v) is 10.7. The molecule has 0 N–H and O–H groups in total. The van der Waals surface area contributed by atoms with Crippen molar-refractivity contribution in [2.75, 3.05) is 0 Å². The van der Waals surface area contributed by atoms with Gasteiger partial charge >= 0.3 is 0 Å². The zero-order valence-corrected chi connectivity index (χ0v) is 14.9. The maximum atomic E-state index is 2.60. The molecule has 1 unspecified atom stereocenters. The molecule has 1 rings (SSSR count). The van der Waals surface area contributed by atoms with Gasteiger partial charge in [-0.15, -0.1) is 11.1 Å². The lowest BCUT2D eigenvalue weighted by atomic mass is 9.33. The summed E-state index contributed by atoms with van der Waals surface area (Å²) in [5, 5.41) is 2.09. The standard InChI is InChI=1S/C16H31BSi/c1-15(2,3)13-10-11-17(16(4,5)6)14(12-13)18(7,8)9/h10-13H,1-9H3. The van der Waals surface area contributed by atoms with Crippen LogP contribution >= 0.6 is 0 Å². The molecule has 0 saturated heterocycles. The van der Waals surface area contributed by atoms with Gasteiger partial charge in [0.05, 0.1) is 8.07 Å². The molecular weight excluding hydrogens is 231 g/mol. The van der Waals surface area contributed by atoms with Crippen molar-refractivity contribution < 1.29 is 0 Å². The quantitative estimate of drug-likeness (QED) is 0.555. The zero-order chi connectivity index (χ0) is 14.4. The van der Waals surface area contributed by atoms with E-state index in [1.165, 1.54) is 0 Å². The van der Waals surface area contributed by atoms with Gasteiger partial charge in [0, 0.05) is 0 Å². The van der Waals surface area contributed by atoms with E-state index in [0.717, 1.165) is 0 Å². The largest absolute Gasteiger partial charge is 0.196 e. The Labute approximate surface area is 116 Å². The SMILES string of the molecule is CC(C)(C)B1C=CC(C(C)(C)C)C=C1[Si](C)(C)C. The first-order valence-electron chi connectivity index (χ1n) is 7.24. The third-order valence-electron chi connectivity index (χ3n) is 4.00. The van der Waals surface area contributed by atoms with Crippen molar-refractivity contribution in [2.45, 2.75) is 66.5 Å². The average molecular weight is 262 g/mol. The lowest BCUT2D eigenvalue weighted by molar-refractivity contribution is 0.343. The zero-order valence-electron chi connectivity index (χ0n) is 13.9. The first kappa shape index (κ1) is 15.8. The molecule has 0 saturated carbocycles. The molecule has 0 bridgehead atoms. The molecule has 0 spiro atoms. The van der Waals surface area contributed by atoms with E-state index in [1.807, 2.05) is 0 Å². The van der Waals surface area contributed by atoms with Crippen LogP contribution in [0.5, 0.6) is 0 Å². The molecule has 0 aromatic carbocycles. The van der Waals surface area contributed by atoms with Gasteiger partial charge in [-0.2, -0.15) is 0 Å². The second-order valence-corrected chi connectivity index (χ2v) is 14.1. The molecule has 18 heavy (non-hydrogen) atoms.